The van der Waals surface area contributed by atoms with Crippen LogP contribution < -0.4 is 14.8 Å². The Bertz CT molecular complexity index is 512. The lowest BCUT2D eigenvalue weighted by Gasteiger charge is -2.32. The molecule has 0 saturated carbocycles. The number of nitrogens with one attached hydrogen (secondary N) is 1. The Morgan fingerprint density at radius 1 is 1.24 bits per heavy atom. The minimum absolute atomic E-state index is 0.0154. The third-order valence-corrected chi connectivity index (χ3v) is 3.90. The molecule has 0 bridgehead atoms. The van der Waals surface area contributed by atoms with Gasteiger partial charge in [-0.15, -0.1) is 0 Å². The zero-order valence-electron chi connectivity index (χ0n) is 13.2. The number of benzene rings is 1. The molecule has 0 aliphatic carbocycles. The molecule has 1 heterocycles. The van der Waals surface area contributed by atoms with Crippen molar-refractivity contribution in [3.63, 3.8) is 0 Å². The standard InChI is InChI=1S/C16H24N2O3/c1-16(2,18(3)4)11-17-15(19)10-12-5-6-13-14(9-12)21-8-7-20-13/h5-6,9H,7-8,10-11H2,1-4H3,(H,17,19). The van der Waals surface area contributed by atoms with Crippen LogP contribution in [0.2, 0.25) is 0 Å². The maximum Gasteiger partial charge on any atom is 0.224 e. The van der Waals surface area contributed by atoms with Gasteiger partial charge in [-0.05, 0) is 45.6 Å². The van der Waals surface area contributed by atoms with Gasteiger partial charge in [0, 0.05) is 12.1 Å². The van der Waals surface area contributed by atoms with Crippen LogP contribution in [0.15, 0.2) is 18.2 Å². The van der Waals surface area contributed by atoms with Gasteiger partial charge in [-0.2, -0.15) is 0 Å². The molecule has 0 spiro atoms. The van der Waals surface area contributed by atoms with E-state index in [1.807, 2.05) is 32.3 Å². The Kier molecular flexibility index (Phi) is 4.73. The molecule has 0 atom stereocenters. The van der Waals surface area contributed by atoms with Gasteiger partial charge in [0.2, 0.25) is 5.91 Å². The summed E-state index contributed by atoms with van der Waals surface area (Å²) in [4.78, 5) is 14.1. The molecule has 5 nitrogen and oxygen atoms in total. The number of amides is 1. The first-order valence-corrected chi connectivity index (χ1v) is 7.21. The molecule has 1 amide bonds. The van der Waals surface area contributed by atoms with E-state index in [2.05, 4.69) is 24.1 Å². The molecule has 1 aliphatic heterocycles. The van der Waals surface area contributed by atoms with Gasteiger partial charge < -0.3 is 19.7 Å². The highest BCUT2D eigenvalue weighted by Crippen LogP contribution is 2.30. The summed E-state index contributed by atoms with van der Waals surface area (Å²) < 4.78 is 11.0. The van der Waals surface area contributed by atoms with Crippen LogP contribution in [-0.4, -0.2) is 50.2 Å². The molecule has 0 unspecified atom stereocenters. The quantitative estimate of drug-likeness (QED) is 0.892. The summed E-state index contributed by atoms with van der Waals surface area (Å²) in [5.41, 5.74) is 0.863. The predicted molar refractivity (Wildman–Crippen MR) is 81.9 cm³/mol. The maximum absolute atomic E-state index is 12.0. The molecular weight excluding hydrogens is 268 g/mol. The molecule has 5 heteroatoms. The summed E-state index contributed by atoms with van der Waals surface area (Å²) in [6.07, 6.45) is 0.347. The van der Waals surface area contributed by atoms with E-state index < -0.39 is 0 Å². The minimum atomic E-state index is -0.0670. The fourth-order valence-electron chi connectivity index (χ4n) is 1.92. The lowest BCUT2D eigenvalue weighted by Crippen LogP contribution is -2.48. The van der Waals surface area contributed by atoms with Crippen molar-refractivity contribution < 1.29 is 14.3 Å². The first-order chi connectivity index (χ1) is 9.88. The number of carbonyl (C=O) groups excluding carboxylic acids is 1. The molecule has 116 valence electrons. The van der Waals surface area contributed by atoms with Crippen molar-refractivity contribution in [3.8, 4) is 11.5 Å². The Morgan fingerprint density at radius 2 is 1.90 bits per heavy atom. The number of nitrogens with zero attached hydrogens (tertiary/aromatic N) is 1. The zero-order valence-corrected chi connectivity index (χ0v) is 13.2. The van der Waals surface area contributed by atoms with Crippen LogP contribution >= 0.6 is 0 Å². The topological polar surface area (TPSA) is 50.8 Å². The SMILES string of the molecule is CN(C)C(C)(C)CNC(=O)Cc1ccc2c(c1)OCCO2. The van der Waals surface area contributed by atoms with E-state index in [9.17, 15) is 4.79 Å². The van der Waals surface area contributed by atoms with Gasteiger partial charge >= 0.3 is 0 Å². The summed E-state index contributed by atoms with van der Waals surface area (Å²) >= 11 is 0. The highest BCUT2D eigenvalue weighted by atomic mass is 16.6. The number of hydrogen-bond donors (Lipinski definition) is 1. The second kappa shape index (κ2) is 6.35. The van der Waals surface area contributed by atoms with Crippen molar-refractivity contribution in [1.82, 2.24) is 10.2 Å². The van der Waals surface area contributed by atoms with E-state index >= 15 is 0 Å². The Morgan fingerprint density at radius 3 is 2.57 bits per heavy atom. The lowest BCUT2D eigenvalue weighted by atomic mass is 10.0. The Labute approximate surface area is 126 Å². The highest BCUT2D eigenvalue weighted by Gasteiger charge is 2.21. The third kappa shape index (κ3) is 4.11. The first kappa shape index (κ1) is 15.6. The smallest absolute Gasteiger partial charge is 0.224 e. The van der Waals surface area contributed by atoms with Gasteiger partial charge in [0.05, 0.1) is 6.42 Å². The lowest BCUT2D eigenvalue weighted by molar-refractivity contribution is -0.120. The minimum Gasteiger partial charge on any atom is -0.486 e. The average Bonchev–Trinajstić information content (AvgIpc) is 2.45. The number of ether oxygens (including phenoxy) is 2. The first-order valence-electron chi connectivity index (χ1n) is 7.21. The summed E-state index contributed by atoms with van der Waals surface area (Å²) in [5.74, 6) is 1.49. The van der Waals surface area contributed by atoms with Crippen molar-refractivity contribution >= 4 is 5.91 Å². The summed E-state index contributed by atoms with van der Waals surface area (Å²) in [6, 6.07) is 5.65. The number of likely N-dealkylation sites (N-methyl/N-ethyl adjacent to an activating group) is 1. The molecule has 0 radical (unpaired) electrons. The van der Waals surface area contributed by atoms with Crippen molar-refractivity contribution in [2.45, 2.75) is 25.8 Å². The van der Waals surface area contributed by atoms with Crippen LogP contribution in [0.4, 0.5) is 0 Å². The van der Waals surface area contributed by atoms with Gasteiger partial charge in [0.1, 0.15) is 13.2 Å². The fraction of sp³-hybridized carbons (Fsp3) is 0.562. The molecule has 1 N–H and O–H groups in total. The van der Waals surface area contributed by atoms with Crippen LogP contribution in [0.5, 0.6) is 11.5 Å². The van der Waals surface area contributed by atoms with Gasteiger partial charge in [-0.25, -0.2) is 0 Å². The molecule has 2 rings (SSSR count). The van der Waals surface area contributed by atoms with Crippen LogP contribution in [0.3, 0.4) is 0 Å². The van der Waals surface area contributed by atoms with Crippen molar-refractivity contribution in [3.05, 3.63) is 23.8 Å². The molecule has 0 aromatic heterocycles. The molecule has 21 heavy (non-hydrogen) atoms. The van der Waals surface area contributed by atoms with E-state index in [-0.39, 0.29) is 11.4 Å². The van der Waals surface area contributed by atoms with Crippen LogP contribution in [-0.2, 0) is 11.2 Å². The number of carbonyl (C=O) groups is 1. The van der Waals surface area contributed by atoms with E-state index in [4.69, 9.17) is 9.47 Å². The molecule has 1 aromatic carbocycles. The Hall–Kier alpha value is -1.75. The summed E-state index contributed by atoms with van der Waals surface area (Å²) in [6.45, 7) is 5.93. The van der Waals surface area contributed by atoms with Crippen molar-refractivity contribution in [2.75, 3.05) is 33.9 Å². The van der Waals surface area contributed by atoms with Crippen LogP contribution in [0.1, 0.15) is 19.4 Å². The zero-order chi connectivity index (χ0) is 15.5. The third-order valence-electron chi connectivity index (χ3n) is 3.90. The number of rotatable bonds is 5. The normalized spacial score (nSPS) is 14.1. The van der Waals surface area contributed by atoms with Crippen LogP contribution in [0, 0.1) is 0 Å². The highest BCUT2D eigenvalue weighted by molar-refractivity contribution is 5.78. The van der Waals surface area contributed by atoms with Gasteiger partial charge in [0.15, 0.2) is 11.5 Å². The van der Waals surface area contributed by atoms with E-state index in [0.717, 1.165) is 17.1 Å². The van der Waals surface area contributed by atoms with E-state index in [1.165, 1.54) is 0 Å². The molecule has 0 saturated heterocycles. The molecular formula is C16H24N2O3. The molecule has 1 aliphatic rings. The Balaban J connectivity index is 1.91. The molecule has 0 fully saturated rings. The molecule has 1 aromatic rings. The number of hydrogen-bond acceptors (Lipinski definition) is 4. The van der Waals surface area contributed by atoms with E-state index in [1.54, 1.807) is 0 Å². The second-order valence-corrected chi connectivity index (χ2v) is 6.14. The van der Waals surface area contributed by atoms with Gasteiger partial charge in [0.25, 0.3) is 0 Å². The van der Waals surface area contributed by atoms with Gasteiger partial charge in [-0.1, -0.05) is 6.07 Å². The fourth-order valence-corrected chi connectivity index (χ4v) is 1.92. The largest absolute Gasteiger partial charge is 0.486 e. The second-order valence-electron chi connectivity index (χ2n) is 6.14. The summed E-state index contributed by atoms with van der Waals surface area (Å²) in [7, 11) is 4.01. The van der Waals surface area contributed by atoms with Crippen molar-refractivity contribution in [2.24, 2.45) is 0 Å². The summed E-state index contributed by atoms with van der Waals surface area (Å²) in [5, 5.41) is 2.98. The number of fused-ring (bicyclic) bond motifs is 1. The monoisotopic (exact) mass is 292 g/mol. The van der Waals surface area contributed by atoms with E-state index in [0.29, 0.717) is 26.2 Å². The van der Waals surface area contributed by atoms with Gasteiger partial charge in [-0.3, -0.25) is 4.79 Å². The van der Waals surface area contributed by atoms with Crippen molar-refractivity contribution in [1.29, 1.82) is 0 Å². The average molecular weight is 292 g/mol. The predicted octanol–water partition coefficient (Wildman–Crippen LogP) is 1.46. The maximum atomic E-state index is 12.0. The van der Waals surface area contributed by atoms with Crippen LogP contribution in [0.25, 0.3) is 0 Å².